The van der Waals surface area contributed by atoms with Gasteiger partial charge in [-0.3, -0.25) is 9.59 Å². The Morgan fingerprint density at radius 1 is 1.21 bits per heavy atom. The van der Waals surface area contributed by atoms with E-state index in [1.807, 2.05) is 27.7 Å². The third kappa shape index (κ3) is 5.00. The Hall–Kier alpha value is -0.860. The molecular weight excluding hydrogens is 178 g/mol. The molecule has 0 saturated carbocycles. The van der Waals surface area contributed by atoms with Gasteiger partial charge in [-0.15, -0.1) is 0 Å². The number of rotatable bonds is 4. The van der Waals surface area contributed by atoms with Gasteiger partial charge in [-0.2, -0.15) is 0 Å². The minimum atomic E-state index is -0.369. The largest absolute Gasteiger partial charge is 0.339 e. The van der Waals surface area contributed by atoms with Crippen LogP contribution in [0.5, 0.6) is 0 Å². The number of carbonyl (C=O) groups is 2. The zero-order valence-corrected chi connectivity index (χ0v) is 10.3. The summed E-state index contributed by atoms with van der Waals surface area (Å²) in [7, 11) is 1.64. The molecule has 0 radical (unpaired) electrons. The predicted molar refractivity (Wildman–Crippen MR) is 59.1 cm³/mol. The number of nitrogens with zero attached hydrogens (tertiary/aromatic N) is 1. The van der Waals surface area contributed by atoms with E-state index in [4.69, 9.17) is 0 Å². The molecule has 1 unspecified atom stereocenters. The number of likely N-dealkylation sites (N-methyl/N-ethyl adjacent to an activating group) is 1. The predicted octanol–water partition coefficient (Wildman–Crippen LogP) is 2.11. The van der Waals surface area contributed by atoms with E-state index in [1.54, 1.807) is 14.0 Å². The summed E-state index contributed by atoms with van der Waals surface area (Å²) in [6.07, 6.45) is 0.724. The number of ketones is 1. The SMILES string of the molecule is CC.CCC(C)C(=O)C(=O)N(C)CC. The quantitative estimate of drug-likeness (QED) is 0.653. The second-order valence-electron chi connectivity index (χ2n) is 2.99. The van der Waals surface area contributed by atoms with Gasteiger partial charge in [0.2, 0.25) is 5.78 Å². The summed E-state index contributed by atoms with van der Waals surface area (Å²) in [5.41, 5.74) is 0. The Labute approximate surface area is 87.5 Å². The third-order valence-electron chi connectivity index (χ3n) is 2.09. The van der Waals surface area contributed by atoms with Crippen molar-refractivity contribution in [3.63, 3.8) is 0 Å². The molecule has 0 aliphatic rings. The summed E-state index contributed by atoms with van der Waals surface area (Å²) in [5, 5.41) is 0. The summed E-state index contributed by atoms with van der Waals surface area (Å²) >= 11 is 0. The summed E-state index contributed by atoms with van der Waals surface area (Å²) in [4.78, 5) is 24.0. The van der Waals surface area contributed by atoms with Crippen LogP contribution in [0.4, 0.5) is 0 Å². The molecule has 1 amide bonds. The van der Waals surface area contributed by atoms with Crippen LogP contribution in [0, 0.1) is 5.92 Å². The van der Waals surface area contributed by atoms with Crippen molar-refractivity contribution in [2.75, 3.05) is 13.6 Å². The molecule has 0 heterocycles. The number of Topliss-reactive ketones (excluding diaryl/α,β-unsaturated/α-hetero) is 1. The molecule has 0 aromatic heterocycles. The summed E-state index contributed by atoms with van der Waals surface area (Å²) in [6.45, 7) is 10.1. The molecule has 84 valence electrons. The maximum absolute atomic E-state index is 11.3. The molecule has 0 aromatic rings. The van der Waals surface area contributed by atoms with E-state index in [1.165, 1.54) is 4.90 Å². The minimum Gasteiger partial charge on any atom is -0.339 e. The number of carbonyl (C=O) groups excluding carboxylic acids is 2. The molecule has 3 nitrogen and oxygen atoms in total. The van der Waals surface area contributed by atoms with Gasteiger partial charge < -0.3 is 4.90 Å². The van der Waals surface area contributed by atoms with Gasteiger partial charge in [0.05, 0.1) is 0 Å². The molecule has 3 heteroatoms. The lowest BCUT2D eigenvalue weighted by atomic mass is 10.0. The topological polar surface area (TPSA) is 37.4 Å². The van der Waals surface area contributed by atoms with E-state index in [0.29, 0.717) is 6.54 Å². The fourth-order valence-electron chi connectivity index (χ4n) is 0.728. The molecule has 0 fully saturated rings. The van der Waals surface area contributed by atoms with Crippen molar-refractivity contribution in [3.05, 3.63) is 0 Å². The zero-order chi connectivity index (χ0) is 11.7. The van der Waals surface area contributed by atoms with Gasteiger partial charge >= 0.3 is 0 Å². The van der Waals surface area contributed by atoms with Crippen molar-refractivity contribution in [2.45, 2.75) is 41.0 Å². The summed E-state index contributed by atoms with van der Waals surface area (Å²) in [5.74, 6) is -0.791. The summed E-state index contributed by atoms with van der Waals surface area (Å²) in [6, 6.07) is 0. The Kier molecular flexibility index (Phi) is 9.73. The average molecular weight is 201 g/mol. The van der Waals surface area contributed by atoms with Crippen LogP contribution in [0.15, 0.2) is 0 Å². The monoisotopic (exact) mass is 201 g/mol. The zero-order valence-electron chi connectivity index (χ0n) is 10.3. The van der Waals surface area contributed by atoms with Gasteiger partial charge in [-0.1, -0.05) is 27.7 Å². The lowest BCUT2D eigenvalue weighted by molar-refractivity contribution is -0.145. The fraction of sp³-hybridized carbons (Fsp3) is 0.818. The van der Waals surface area contributed by atoms with Crippen LogP contribution in [-0.4, -0.2) is 30.2 Å². The van der Waals surface area contributed by atoms with Crippen molar-refractivity contribution in [2.24, 2.45) is 5.92 Å². The van der Waals surface area contributed by atoms with Crippen LogP contribution in [0.2, 0.25) is 0 Å². The standard InChI is InChI=1S/C9H17NO2.C2H6/c1-5-7(3)8(11)9(12)10(4)6-2;1-2/h7H,5-6H2,1-4H3;1-2H3. The minimum absolute atomic E-state index is 0.147. The number of hydrogen-bond donors (Lipinski definition) is 0. The Morgan fingerprint density at radius 3 is 1.93 bits per heavy atom. The maximum atomic E-state index is 11.3. The van der Waals surface area contributed by atoms with Gasteiger partial charge in [0, 0.05) is 19.5 Å². The van der Waals surface area contributed by atoms with Gasteiger partial charge in [-0.05, 0) is 13.3 Å². The summed E-state index contributed by atoms with van der Waals surface area (Å²) < 4.78 is 0. The molecular formula is C11H23NO2. The van der Waals surface area contributed by atoms with E-state index in [-0.39, 0.29) is 17.6 Å². The first-order valence-electron chi connectivity index (χ1n) is 5.33. The Balaban J connectivity index is 0. The van der Waals surface area contributed by atoms with Crippen LogP contribution < -0.4 is 0 Å². The molecule has 0 bridgehead atoms. The van der Waals surface area contributed by atoms with Gasteiger partial charge in [0.1, 0.15) is 0 Å². The first-order valence-corrected chi connectivity index (χ1v) is 5.33. The molecule has 1 atom stereocenters. The highest BCUT2D eigenvalue weighted by molar-refractivity contribution is 6.36. The van der Waals surface area contributed by atoms with Crippen LogP contribution >= 0.6 is 0 Å². The molecule has 14 heavy (non-hydrogen) atoms. The number of hydrogen-bond acceptors (Lipinski definition) is 2. The molecule has 0 saturated heterocycles. The van der Waals surface area contributed by atoms with E-state index >= 15 is 0 Å². The second-order valence-corrected chi connectivity index (χ2v) is 2.99. The van der Waals surface area contributed by atoms with Crippen molar-refractivity contribution in [1.82, 2.24) is 4.90 Å². The van der Waals surface area contributed by atoms with Crippen molar-refractivity contribution < 1.29 is 9.59 Å². The lowest BCUT2D eigenvalue weighted by Crippen LogP contribution is -2.35. The molecule has 0 aliphatic carbocycles. The van der Waals surface area contributed by atoms with E-state index in [9.17, 15) is 9.59 Å². The lowest BCUT2D eigenvalue weighted by Gasteiger charge is -2.15. The first kappa shape index (κ1) is 15.6. The maximum Gasteiger partial charge on any atom is 0.289 e. The van der Waals surface area contributed by atoms with Gasteiger partial charge in [0.15, 0.2) is 0 Å². The Morgan fingerprint density at radius 2 is 1.64 bits per heavy atom. The van der Waals surface area contributed by atoms with Crippen LogP contribution in [-0.2, 0) is 9.59 Å². The van der Waals surface area contributed by atoms with E-state index < -0.39 is 0 Å². The van der Waals surface area contributed by atoms with E-state index in [2.05, 4.69) is 0 Å². The smallest absolute Gasteiger partial charge is 0.289 e. The highest BCUT2D eigenvalue weighted by Crippen LogP contribution is 2.03. The van der Waals surface area contributed by atoms with Gasteiger partial charge in [-0.25, -0.2) is 0 Å². The van der Waals surface area contributed by atoms with Crippen LogP contribution in [0.3, 0.4) is 0 Å². The fourth-order valence-corrected chi connectivity index (χ4v) is 0.728. The third-order valence-corrected chi connectivity index (χ3v) is 2.09. The molecule has 0 rings (SSSR count). The van der Waals surface area contributed by atoms with Crippen molar-refractivity contribution in [3.8, 4) is 0 Å². The second kappa shape index (κ2) is 8.73. The Bertz CT molecular complexity index is 158. The number of amides is 1. The molecule has 0 N–H and O–H groups in total. The van der Waals surface area contributed by atoms with Crippen molar-refractivity contribution >= 4 is 11.7 Å². The average Bonchev–Trinajstić information content (AvgIpc) is 2.27. The molecule has 0 aromatic carbocycles. The van der Waals surface area contributed by atoms with Crippen molar-refractivity contribution in [1.29, 1.82) is 0 Å². The van der Waals surface area contributed by atoms with Gasteiger partial charge in [0.25, 0.3) is 5.91 Å². The normalized spacial score (nSPS) is 11.0. The van der Waals surface area contributed by atoms with Crippen LogP contribution in [0.25, 0.3) is 0 Å². The highest BCUT2D eigenvalue weighted by atomic mass is 16.2. The molecule has 0 aliphatic heterocycles. The van der Waals surface area contributed by atoms with E-state index in [0.717, 1.165) is 6.42 Å². The highest BCUT2D eigenvalue weighted by Gasteiger charge is 2.21. The van der Waals surface area contributed by atoms with Crippen LogP contribution in [0.1, 0.15) is 41.0 Å². The molecule has 0 spiro atoms. The first-order chi connectivity index (χ1) is 6.54.